The third-order valence-electron chi connectivity index (χ3n) is 5.26. The van der Waals surface area contributed by atoms with Crippen molar-refractivity contribution in [1.29, 1.82) is 0 Å². The van der Waals surface area contributed by atoms with Crippen LogP contribution >= 0.6 is 23.2 Å². The number of halogens is 3. The Hall–Kier alpha value is -2.57. The van der Waals surface area contributed by atoms with E-state index in [1.165, 1.54) is 30.2 Å². The zero-order chi connectivity index (χ0) is 20.7. The van der Waals surface area contributed by atoms with Gasteiger partial charge in [-0.3, -0.25) is 4.79 Å². The first-order chi connectivity index (χ1) is 14.0. The predicted molar refractivity (Wildman–Crippen MR) is 109 cm³/mol. The molecule has 0 saturated carbocycles. The van der Waals surface area contributed by atoms with Gasteiger partial charge in [-0.2, -0.15) is 0 Å². The number of esters is 1. The summed E-state index contributed by atoms with van der Waals surface area (Å²) in [6.45, 7) is 0. The molecule has 3 aromatic rings. The molecule has 0 unspecified atom stereocenters. The molecule has 1 aromatic heterocycles. The van der Waals surface area contributed by atoms with Gasteiger partial charge in [-0.25, -0.2) is 9.18 Å². The van der Waals surface area contributed by atoms with Crippen LogP contribution in [0.5, 0.6) is 0 Å². The minimum absolute atomic E-state index is 0.150. The summed E-state index contributed by atoms with van der Waals surface area (Å²) in [4.78, 5) is 30.2. The number of H-pyrrole nitrogens is 1. The van der Waals surface area contributed by atoms with Crippen LogP contribution in [-0.2, 0) is 20.7 Å². The van der Waals surface area contributed by atoms with Gasteiger partial charge in [-0.1, -0.05) is 35.9 Å². The molecule has 0 bridgehead atoms. The van der Waals surface area contributed by atoms with E-state index in [-0.39, 0.29) is 17.3 Å². The van der Waals surface area contributed by atoms with E-state index in [1.807, 2.05) is 24.3 Å². The molecule has 2 atom stereocenters. The van der Waals surface area contributed by atoms with Crippen LogP contribution in [-0.4, -0.2) is 40.8 Å². The lowest BCUT2D eigenvalue weighted by Crippen LogP contribution is -2.52. The molecule has 0 radical (unpaired) electrons. The number of methoxy groups -OCH3 is 1. The summed E-state index contributed by atoms with van der Waals surface area (Å²) in [6, 6.07) is 10.0. The topological polar surface area (TPSA) is 62.4 Å². The largest absolute Gasteiger partial charge is 0.467 e. The number of nitrogens with zero attached hydrogens (tertiary/aromatic N) is 1. The van der Waals surface area contributed by atoms with Gasteiger partial charge in [0, 0.05) is 28.0 Å². The Morgan fingerprint density at radius 3 is 2.72 bits per heavy atom. The molecular weight excluding hydrogens is 418 g/mol. The maximum absolute atomic E-state index is 13.7. The van der Waals surface area contributed by atoms with E-state index in [2.05, 4.69) is 4.98 Å². The molecule has 2 heterocycles. The molecule has 150 valence electrons. The number of aromatic nitrogens is 1. The summed E-state index contributed by atoms with van der Waals surface area (Å²) in [7, 11) is 1.27. The van der Waals surface area contributed by atoms with Gasteiger partial charge in [-0.05, 0) is 29.3 Å². The van der Waals surface area contributed by atoms with Crippen LogP contribution in [0.2, 0.25) is 5.02 Å². The fourth-order valence-corrected chi connectivity index (χ4v) is 4.44. The van der Waals surface area contributed by atoms with Crippen molar-refractivity contribution < 1.29 is 18.7 Å². The van der Waals surface area contributed by atoms with Gasteiger partial charge < -0.3 is 14.6 Å². The lowest BCUT2D eigenvalue weighted by atomic mass is 9.88. The number of fused-ring (bicyclic) bond motifs is 3. The zero-order valence-electron chi connectivity index (χ0n) is 15.4. The van der Waals surface area contributed by atoms with E-state index in [0.717, 1.165) is 22.2 Å². The normalized spacial score (nSPS) is 18.6. The highest BCUT2D eigenvalue weighted by atomic mass is 35.5. The highest BCUT2D eigenvalue weighted by Gasteiger charge is 2.44. The number of carbonyl (C=O) groups is 2. The second-order valence-corrected chi connectivity index (χ2v) is 7.48. The SMILES string of the molecule is COC(=O)[C@H]1Cc2c([nH]c3ccccc23)[C@H](c2ccc(F)cc2Cl)N1C(=O)CCl. The summed E-state index contributed by atoms with van der Waals surface area (Å²) in [5, 5.41) is 1.09. The number of amides is 1. The van der Waals surface area contributed by atoms with Crippen LogP contribution in [0.15, 0.2) is 42.5 Å². The van der Waals surface area contributed by atoms with Gasteiger partial charge in [0.05, 0.1) is 13.2 Å². The van der Waals surface area contributed by atoms with Crippen molar-refractivity contribution in [3.05, 3.63) is 70.1 Å². The number of rotatable bonds is 3. The van der Waals surface area contributed by atoms with Gasteiger partial charge in [0.25, 0.3) is 0 Å². The number of carbonyl (C=O) groups excluding carboxylic acids is 2. The Kier molecular flexibility index (Phi) is 5.23. The zero-order valence-corrected chi connectivity index (χ0v) is 16.9. The highest BCUT2D eigenvalue weighted by molar-refractivity contribution is 6.31. The summed E-state index contributed by atoms with van der Waals surface area (Å²) in [5.74, 6) is -1.82. The fraction of sp³-hybridized carbons (Fsp3) is 0.238. The van der Waals surface area contributed by atoms with Crippen molar-refractivity contribution in [1.82, 2.24) is 9.88 Å². The molecule has 2 aromatic carbocycles. The number of hydrogen-bond donors (Lipinski definition) is 1. The molecule has 0 saturated heterocycles. The molecule has 5 nitrogen and oxygen atoms in total. The molecule has 4 rings (SSSR count). The number of alkyl halides is 1. The Balaban J connectivity index is 2.01. The lowest BCUT2D eigenvalue weighted by molar-refractivity contribution is -0.154. The number of nitrogens with one attached hydrogen (secondary N) is 1. The Bertz CT molecular complexity index is 1110. The molecule has 8 heteroatoms. The van der Waals surface area contributed by atoms with Crippen LogP contribution in [0.25, 0.3) is 10.9 Å². The third-order valence-corrected chi connectivity index (χ3v) is 5.82. The summed E-state index contributed by atoms with van der Waals surface area (Å²) in [6.07, 6.45) is 0.268. The number of para-hydroxylation sites is 1. The van der Waals surface area contributed by atoms with Crippen LogP contribution in [0.3, 0.4) is 0 Å². The van der Waals surface area contributed by atoms with Crippen LogP contribution in [0.1, 0.15) is 22.9 Å². The van der Waals surface area contributed by atoms with E-state index >= 15 is 0 Å². The Morgan fingerprint density at radius 2 is 2.03 bits per heavy atom. The highest BCUT2D eigenvalue weighted by Crippen LogP contribution is 2.43. The van der Waals surface area contributed by atoms with Crippen molar-refractivity contribution >= 4 is 46.0 Å². The van der Waals surface area contributed by atoms with E-state index in [0.29, 0.717) is 5.56 Å². The first-order valence-corrected chi connectivity index (χ1v) is 9.87. The van der Waals surface area contributed by atoms with Crippen molar-refractivity contribution in [3.63, 3.8) is 0 Å². The summed E-state index contributed by atoms with van der Waals surface area (Å²) < 4.78 is 18.7. The number of hydrogen-bond acceptors (Lipinski definition) is 3. The summed E-state index contributed by atoms with van der Waals surface area (Å²) >= 11 is 12.2. The first-order valence-electron chi connectivity index (χ1n) is 8.95. The number of aromatic amines is 1. The fourth-order valence-electron chi connectivity index (χ4n) is 4.03. The molecule has 1 amide bonds. The van der Waals surface area contributed by atoms with Crippen LogP contribution in [0.4, 0.5) is 4.39 Å². The lowest BCUT2D eigenvalue weighted by Gasteiger charge is -2.41. The van der Waals surface area contributed by atoms with E-state index in [1.54, 1.807) is 0 Å². The molecule has 0 spiro atoms. The average Bonchev–Trinajstić information content (AvgIpc) is 3.10. The minimum atomic E-state index is -0.885. The smallest absolute Gasteiger partial charge is 0.328 e. The molecular formula is C21H17Cl2FN2O3. The molecule has 0 fully saturated rings. The summed E-state index contributed by atoms with van der Waals surface area (Å²) in [5.41, 5.74) is 2.97. The van der Waals surface area contributed by atoms with Gasteiger partial charge in [0.1, 0.15) is 17.7 Å². The predicted octanol–water partition coefficient (Wildman–Crippen LogP) is 4.21. The maximum atomic E-state index is 13.7. The van der Waals surface area contributed by atoms with Crippen molar-refractivity contribution in [2.75, 3.05) is 13.0 Å². The van der Waals surface area contributed by atoms with Crippen molar-refractivity contribution in [2.24, 2.45) is 0 Å². The molecule has 29 heavy (non-hydrogen) atoms. The molecule has 0 aliphatic carbocycles. The molecule has 1 aliphatic rings. The minimum Gasteiger partial charge on any atom is -0.467 e. The first kappa shape index (κ1) is 19.7. The standard InChI is InChI=1S/C21H17Cl2FN2O3/c1-29-21(28)17-9-14-12-4-2-3-5-16(12)25-19(14)20(26(17)18(27)10-22)13-7-6-11(24)8-15(13)23/h2-8,17,20,25H,9-10H2,1H3/t17-,20+/m1/s1. The van der Waals surface area contributed by atoms with Crippen LogP contribution < -0.4 is 0 Å². The molecule has 1 N–H and O–H groups in total. The van der Waals surface area contributed by atoms with Gasteiger partial charge in [0.2, 0.25) is 5.91 Å². The van der Waals surface area contributed by atoms with E-state index < -0.39 is 29.8 Å². The van der Waals surface area contributed by atoms with Crippen molar-refractivity contribution in [2.45, 2.75) is 18.5 Å². The number of ether oxygens (including phenoxy) is 1. The van der Waals surface area contributed by atoms with E-state index in [9.17, 15) is 14.0 Å². The Morgan fingerprint density at radius 1 is 1.28 bits per heavy atom. The number of benzene rings is 2. The third kappa shape index (κ3) is 3.26. The quantitative estimate of drug-likeness (QED) is 0.495. The monoisotopic (exact) mass is 434 g/mol. The second kappa shape index (κ2) is 7.69. The maximum Gasteiger partial charge on any atom is 0.328 e. The van der Waals surface area contributed by atoms with Crippen molar-refractivity contribution in [3.8, 4) is 0 Å². The average molecular weight is 435 g/mol. The van der Waals surface area contributed by atoms with Gasteiger partial charge in [-0.15, -0.1) is 11.6 Å². The van der Waals surface area contributed by atoms with Crippen LogP contribution in [0, 0.1) is 5.82 Å². The molecule has 1 aliphatic heterocycles. The van der Waals surface area contributed by atoms with Gasteiger partial charge in [0.15, 0.2) is 0 Å². The van der Waals surface area contributed by atoms with E-state index in [4.69, 9.17) is 27.9 Å². The van der Waals surface area contributed by atoms with Gasteiger partial charge >= 0.3 is 5.97 Å². The second-order valence-electron chi connectivity index (χ2n) is 6.81. The Labute approximate surface area is 176 Å².